The summed E-state index contributed by atoms with van der Waals surface area (Å²) >= 11 is 1.43. The van der Waals surface area contributed by atoms with E-state index in [4.69, 9.17) is 5.73 Å². The Kier molecular flexibility index (Phi) is 6.43. The van der Waals surface area contributed by atoms with E-state index in [1.807, 2.05) is 0 Å². The van der Waals surface area contributed by atoms with Crippen molar-refractivity contribution in [3.05, 3.63) is 62.0 Å². The summed E-state index contributed by atoms with van der Waals surface area (Å²) in [6.07, 6.45) is 7.95. The highest BCUT2D eigenvalue weighted by Crippen LogP contribution is 2.40. The smallest absolute Gasteiger partial charge is 0.269 e. The lowest BCUT2D eigenvalue weighted by atomic mass is 9.84. The van der Waals surface area contributed by atoms with E-state index in [9.17, 15) is 19.7 Å². The number of nitrogens with two attached hydrogens (primary N) is 1. The first-order chi connectivity index (χ1) is 13.9. The molecule has 1 aromatic carbocycles. The maximum Gasteiger partial charge on any atom is 0.269 e. The van der Waals surface area contributed by atoms with E-state index in [-0.39, 0.29) is 11.6 Å². The molecular formula is C21H23N3O4S. The molecule has 0 radical (unpaired) electrons. The van der Waals surface area contributed by atoms with Crippen LogP contribution in [0.4, 0.5) is 10.7 Å². The molecule has 2 amide bonds. The maximum atomic E-state index is 12.4. The first kappa shape index (κ1) is 20.7. The number of nitrogens with one attached hydrogen (secondary N) is 1. The molecular weight excluding hydrogens is 390 g/mol. The number of hydrogen-bond donors (Lipinski definition) is 2. The highest BCUT2D eigenvalue weighted by Gasteiger charge is 2.28. The van der Waals surface area contributed by atoms with Gasteiger partial charge in [-0.2, -0.15) is 0 Å². The number of thiophene rings is 1. The van der Waals surface area contributed by atoms with Gasteiger partial charge in [0.2, 0.25) is 5.91 Å². The maximum absolute atomic E-state index is 12.4. The van der Waals surface area contributed by atoms with E-state index < -0.39 is 10.8 Å². The summed E-state index contributed by atoms with van der Waals surface area (Å²) in [5.41, 5.74) is 7.65. The molecule has 0 unspecified atom stereocenters. The van der Waals surface area contributed by atoms with Crippen molar-refractivity contribution < 1.29 is 14.5 Å². The lowest BCUT2D eigenvalue weighted by Crippen LogP contribution is -2.19. The third kappa shape index (κ3) is 4.89. The minimum atomic E-state index is -0.522. The molecule has 1 aliphatic rings. The summed E-state index contributed by atoms with van der Waals surface area (Å²) in [7, 11) is 0. The number of amides is 2. The minimum absolute atomic E-state index is 0.0109. The number of nitro groups is 1. The summed E-state index contributed by atoms with van der Waals surface area (Å²) in [5, 5.41) is 14.0. The van der Waals surface area contributed by atoms with Crippen molar-refractivity contribution in [2.45, 2.75) is 39.0 Å². The Morgan fingerprint density at radius 1 is 1.34 bits per heavy atom. The Bertz CT molecular complexity index is 963. The van der Waals surface area contributed by atoms with Crippen LogP contribution < -0.4 is 11.1 Å². The zero-order valence-corrected chi connectivity index (χ0v) is 17.0. The van der Waals surface area contributed by atoms with Crippen LogP contribution in [-0.2, 0) is 17.6 Å². The van der Waals surface area contributed by atoms with Gasteiger partial charge in [0, 0.05) is 23.1 Å². The van der Waals surface area contributed by atoms with Crippen LogP contribution in [0.2, 0.25) is 0 Å². The number of non-ortho nitro benzene ring substituents is 1. The van der Waals surface area contributed by atoms with Crippen LogP contribution in [0.1, 0.15) is 52.5 Å². The Balaban J connectivity index is 1.74. The van der Waals surface area contributed by atoms with Gasteiger partial charge in [0.05, 0.1) is 10.5 Å². The Morgan fingerprint density at radius 2 is 2.07 bits per heavy atom. The summed E-state index contributed by atoms with van der Waals surface area (Å²) in [4.78, 5) is 35.7. The fourth-order valence-electron chi connectivity index (χ4n) is 3.69. The molecule has 7 nitrogen and oxygen atoms in total. The molecule has 1 heterocycles. The van der Waals surface area contributed by atoms with Gasteiger partial charge < -0.3 is 11.1 Å². The monoisotopic (exact) mass is 413 g/mol. The molecule has 3 N–H and O–H groups in total. The van der Waals surface area contributed by atoms with E-state index in [1.54, 1.807) is 18.2 Å². The lowest BCUT2D eigenvalue weighted by Gasteiger charge is -2.21. The number of nitrogens with zero attached hydrogens (tertiary/aromatic N) is 1. The molecule has 0 bridgehead atoms. The van der Waals surface area contributed by atoms with Crippen molar-refractivity contribution in [1.82, 2.24) is 0 Å². The van der Waals surface area contributed by atoms with Gasteiger partial charge in [-0.15, -0.1) is 11.3 Å². The highest BCUT2D eigenvalue weighted by molar-refractivity contribution is 7.17. The second-order valence-corrected chi connectivity index (χ2v) is 8.25. The summed E-state index contributed by atoms with van der Waals surface area (Å²) in [5.74, 6) is -0.293. The Hall–Kier alpha value is -3.00. The quantitative estimate of drug-likeness (QED) is 0.400. The first-order valence-corrected chi connectivity index (χ1v) is 10.4. The van der Waals surface area contributed by atoms with Gasteiger partial charge in [0.25, 0.3) is 11.6 Å². The lowest BCUT2D eigenvalue weighted by molar-refractivity contribution is -0.384. The third-order valence-electron chi connectivity index (χ3n) is 5.08. The van der Waals surface area contributed by atoms with Gasteiger partial charge in [0.15, 0.2) is 0 Å². The molecule has 1 aromatic heterocycles. The number of benzene rings is 1. The zero-order chi connectivity index (χ0) is 21.0. The number of anilines is 1. The van der Waals surface area contributed by atoms with Crippen molar-refractivity contribution in [3.8, 4) is 0 Å². The van der Waals surface area contributed by atoms with Crippen molar-refractivity contribution in [3.63, 3.8) is 0 Å². The van der Waals surface area contributed by atoms with Crippen LogP contribution >= 0.6 is 11.3 Å². The predicted octanol–water partition coefficient (Wildman–Crippen LogP) is 4.31. The van der Waals surface area contributed by atoms with Gasteiger partial charge in [-0.3, -0.25) is 19.7 Å². The molecule has 1 aliphatic carbocycles. The average molecular weight is 413 g/mol. The molecule has 0 aliphatic heterocycles. The molecule has 152 valence electrons. The second-order valence-electron chi connectivity index (χ2n) is 7.14. The zero-order valence-electron chi connectivity index (χ0n) is 16.1. The van der Waals surface area contributed by atoms with Gasteiger partial charge in [-0.1, -0.05) is 19.8 Å². The van der Waals surface area contributed by atoms with Crippen molar-refractivity contribution in [1.29, 1.82) is 0 Å². The molecule has 29 heavy (non-hydrogen) atoms. The molecule has 2 aromatic rings. The molecule has 1 atom stereocenters. The Morgan fingerprint density at radius 3 is 2.69 bits per heavy atom. The molecule has 8 heteroatoms. The van der Waals surface area contributed by atoms with Gasteiger partial charge >= 0.3 is 0 Å². The number of carbonyl (C=O) groups excluding carboxylic acids is 2. The largest absolute Gasteiger partial charge is 0.365 e. The minimum Gasteiger partial charge on any atom is -0.365 e. The summed E-state index contributed by atoms with van der Waals surface area (Å²) < 4.78 is 0. The average Bonchev–Trinajstić information content (AvgIpc) is 3.04. The second kappa shape index (κ2) is 9.00. The summed E-state index contributed by atoms with van der Waals surface area (Å²) in [6, 6.07) is 5.88. The molecule has 0 saturated heterocycles. The van der Waals surface area contributed by atoms with E-state index >= 15 is 0 Å². The van der Waals surface area contributed by atoms with Crippen molar-refractivity contribution in [2.24, 2.45) is 11.7 Å². The molecule has 3 rings (SSSR count). The number of nitro benzene ring substituents is 1. The van der Waals surface area contributed by atoms with Crippen LogP contribution in [0, 0.1) is 16.0 Å². The van der Waals surface area contributed by atoms with Gasteiger partial charge in [-0.25, -0.2) is 0 Å². The molecule has 0 spiro atoms. The van der Waals surface area contributed by atoms with Gasteiger partial charge in [0.1, 0.15) is 5.00 Å². The van der Waals surface area contributed by atoms with Crippen LogP contribution in [-0.4, -0.2) is 16.7 Å². The summed E-state index contributed by atoms with van der Waals surface area (Å²) in [6.45, 7) is 2.17. The Labute approximate surface area is 172 Å². The topological polar surface area (TPSA) is 115 Å². The number of carbonyl (C=O) groups is 2. The number of rotatable bonds is 7. The fourth-order valence-corrected chi connectivity index (χ4v) is 5.06. The van der Waals surface area contributed by atoms with Crippen molar-refractivity contribution >= 4 is 39.9 Å². The molecule has 0 fully saturated rings. The third-order valence-corrected chi connectivity index (χ3v) is 6.25. The predicted molar refractivity (Wildman–Crippen MR) is 114 cm³/mol. The highest BCUT2D eigenvalue weighted by atomic mass is 32.1. The number of primary amides is 1. The molecule has 0 saturated carbocycles. The van der Waals surface area contributed by atoms with Crippen LogP contribution in [0.15, 0.2) is 30.3 Å². The van der Waals surface area contributed by atoms with E-state index in [1.165, 1.54) is 29.5 Å². The number of hydrogen-bond acceptors (Lipinski definition) is 5. The normalized spacial score (nSPS) is 15.8. The standard InChI is InChI=1S/C21H23N3O4S/c1-2-3-14-6-10-16-17(12-14)29-21(19(16)20(22)26)23-18(25)11-7-13-4-8-15(9-5-13)24(27)28/h4-5,7-9,11,14H,2-3,6,10,12H2,1H3,(H2,22,26)(H,23,25)/b11-7+/t14-/m1/s1. The van der Waals surface area contributed by atoms with Crippen LogP contribution in [0.5, 0.6) is 0 Å². The van der Waals surface area contributed by atoms with E-state index in [0.717, 1.165) is 42.5 Å². The number of fused-ring (bicyclic) bond motifs is 1. The first-order valence-electron chi connectivity index (χ1n) is 9.56. The van der Waals surface area contributed by atoms with Crippen molar-refractivity contribution in [2.75, 3.05) is 5.32 Å². The van der Waals surface area contributed by atoms with E-state index in [0.29, 0.717) is 22.0 Å². The van der Waals surface area contributed by atoms with Gasteiger partial charge in [-0.05, 0) is 54.5 Å². The SMILES string of the molecule is CCC[C@@H]1CCc2c(sc(NC(=O)/C=C/c3ccc([N+](=O)[O-])cc3)c2C(N)=O)C1. The fraction of sp³-hybridized carbons (Fsp3) is 0.333. The van der Waals surface area contributed by atoms with Crippen LogP contribution in [0.25, 0.3) is 6.08 Å². The van der Waals surface area contributed by atoms with E-state index in [2.05, 4.69) is 12.2 Å². The van der Waals surface area contributed by atoms with Crippen LogP contribution in [0.3, 0.4) is 0 Å².